The quantitative estimate of drug-likeness (QED) is 0.871. The zero-order valence-corrected chi connectivity index (χ0v) is 11.7. The van der Waals surface area contributed by atoms with E-state index in [1.54, 1.807) is 39.2 Å². The van der Waals surface area contributed by atoms with Gasteiger partial charge in [-0.3, -0.25) is 9.40 Å². The standard InChI is InChI=1S/C11H15N5O2S/c1-8-7-10(16(3)14-8)15-19(17,18)11-9(12-2)5-4-6-13-11/h4-7,12,15H,1-3H3. The van der Waals surface area contributed by atoms with E-state index in [1.807, 2.05) is 0 Å². The van der Waals surface area contributed by atoms with Crippen molar-refractivity contribution >= 4 is 21.5 Å². The molecule has 0 aliphatic carbocycles. The van der Waals surface area contributed by atoms with Gasteiger partial charge < -0.3 is 5.32 Å². The summed E-state index contributed by atoms with van der Waals surface area (Å²) in [6, 6.07) is 4.97. The Morgan fingerprint density at radius 3 is 2.68 bits per heavy atom. The van der Waals surface area contributed by atoms with Crippen LogP contribution in [0.2, 0.25) is 0 Å². The molecule has 102 valence electrons. The van der Waals surface area contributed by atoms with Crippen molar-refractivity contribution in [3.05, 3.63) is 30.1 Å². The van der Waals surface area contributed by atoms with Crippen molar-refractivity contribution in [2.24, 2.45) is 7.05 Å². The van der Waals surface area contributed by atoms with Crippen molar-refractivity contribution in [2.75, 3.05) is 17.1 Å². The minimum Gasteiger partial charge on any atom is -0.386 e. The number of hydrogen-bond acceptors (Lipinski definition) is 5. The number of rotatable bonds is 4. The van der Waals surface area contributed by atoms with Crippen molar-refractivity contribution in [1.82, 2.24) is 14.8 Å². The molecule has 0 saturated heterocycles. The minimum absolute atomic E-state index is 0.0450. The summed E-state index contributed by atoms with van der Waals surface area (Å²) < 4.78 is 28.5. The molecule has 0 fully saturated rings. The van der Waals surface area contributed by atoms with Crippen molar-refractivity contribution < 1.29 is 8.42 Å². The molecule has 0 radical (unpaired) electrons. The molecule has 0 aliphatic heterocycles. The van der Waals surface area contributed by atoms with Crippen LogP contribution in [0.5, 0.6) is 0 Å². The zero-order valence-electron chi connectivity index (χ0n) is 10.9. The maximum absolute atomic E-state index is 12.3. The summed E-state index contributed by atoms with van der Waals surface area (Å²) in [6.07, 6.45) is 1.43. The van der Waals surface area contributed by atoms with Crippen LogP contribution in [0.3, 0.4) is 0 Å². The van der Waals surface area contributed by atoms with Crippen molar-refractivity contribution in [3.8, 4) is 0 Å². The van der Waals surface area contributed by atoms with E-state index in [-0.39, 0.29) is 5.03 Å². The summed E-state index contributed by atoms with van der Waals surface area (Å²) in [6.45, 7) is 1.79. The molecular weight excluding hydrogens is 266 g/mol. The van der Waals surface area contributed by atoms with Crippen LogP contribution >= 0.6 is 0 Å². The Morgan fingerprint density at radius 1 is 1.37 bits per heavy atom. The second kappa shape index (κ2) is 4.88. The summed E-state index contributed by atoms with van der Waals surface area (Å²) >= 11 is 0. The smallest absolute Gasteiger partial charge is 0.282 e. The highest BCUT2D eigenvalue weighted by atomic mass is 32.2. The van der Waals surface area contributed by atoms with Gasteiger partial charge in [-0.05, 0) is 19.1 Å². The summed E-state index contributed by atoms with van der Waals surface area (Å²) in [5.74, 6) is 0.394. The number of nitrogens with one attached hydrogen (secondary N) is 2. The largest absolute Gasteiger partial charge is 0.386 e. The number of sulfonamides is 1. The fourth-order valence-corrected chi connectivity index (χ4v) is 2.91. The lowest BCUT2D eigenvalue weighted by molar-refractivity contribution is 0.597. The Bertz CT molecular complexity index is 693. The molecule has 19 heavy (non-hydrogen) atoms. The maximum atomic E-state index is 12.3. The molecule has 0 aliphatic rings. The van der Waals surface area contributed by atoms with Crippen LogP contribution in [0, 0.1) is 6.92 Å². The fraction of sp³-hybridized carbons (Fsp3) is 0.273. The molecule has 2 aromatic rings. The van der Waals surface area contributed by atoms with Gasteiger partial charge in [-0.1, -0.05) is 0 Å². The predicted octanol–water partition coefficient (Wildman–Crippen LogP) is 0.966. The summed E-state index contributed by atoms with van der Waals surface area (Å²) in [4.78, 5) is 3.91. The van der Waals surface area contributed by atoms with E-state index in [4.69, 9.17) is 0 Å². The highest BCUT2D eigenvalue weighted by molar-refractivity contribution is 7.92. The second-order valence-corrected chi connectivity index (χ2v) is 5.60. The minimum atomic E-state index is -3.75. The molecule has 0 bridgehead atoms. The molecule has 0 amide bonds. The van der Waals surface area contributed by atoms with Gasteiger partial charge in [0.05, 0.1) is 11.4 Å². The molecule has 8 heteroatoms. The summed E-state index contributed by atoms with van der Waals surface area (Å²) in [7, 11) is -0.438. The van der Waals surface area contributed by atoms with Crippen molar-refractivity contribution in [1.29, 1.82) is 0 Å². The normalized spacial score (nSPS) is 11.3. The lowest BCUT2D eigenvalue weighted by Crippen LogP contribution is -2.18. The molecule has 0 atom stereocenters. The monoisotopic (exact) mass is 281 g/mol. The van der Waals surface area contributed by atoms with Crippen LogP contribution in [-0.2, 0) is 17.1 Å². The van der Waals surface area contributed by atoms with Gasteiger partial charge in [-0.15, -0.1) is 0 Å². The van der Waals surface area contributed by atoms with E-state index in [1.165, 1.54) is 10.9 Å². The Kier molecular flexibility index (Phi) is 3.43. The highest BCUT2D eigenvalue weighted by Crippen LogP contribution is 2.20. The van der Waals surface area contributed by atoms with Gasteiger partial charge in [0, 0.05) is 26.4 Å². The first-order valence-corrected chi connectivity index (χ1v) is 7.08. The average Bonchev–Trinajstić information content (AvgIpc) is 2.67. The van der Waals surface area contributed by atoms with Crippen LogP contribution in [0.25, 0.3) is 0 Å². The SMILES string of the molecule is CNc1cccnc1S(=O)(=O)Nc1cc(C)nn1C. The molecule has 2 N–H and O–H groups in total. The number of pyridine rings is 1. The molecule has 0 spiro atoms. The van der Waals surface area contributed by atoms with E-state index in [0.717, 1.165) is 5.69 Å². The Hall–Kier alpha value is -2.09. The molecule has 2 aromatic heterocycles. The van der Waals surface area contributed by atoms with E-state index in [9.17, 15) is 8.42 Å². The lowest BCUT2D eigenvalue weighted by atomic mass is 10.4. The molecule has 0 unspecified atom stereocenters. The third-order valence-electron chi connectivity index (χ3n) is 2.54. The van der Waals surface area contributed by atoms with E-state index in [0.29, 0.717) is 11.5 Å². The first-order valence-electron chi connectivity index (χ1n) is 5.60. The van der Waals surface area contributed by atoms with E-state index in [2.05, 4.69) is 20.1 Å². The number of aryl methyl sites for hydroxylation is 2. The number of nitrogens with zero attached hydrogens (tertiary/aromatic N) is 3. The van der Waals surface area contributed by atoms with Gasteiger partial charge in [0.25, 0.3) is 10.0 Å². The molecule has 2 rings (SSSR count). The number of anilines is 2. The summed E-state index contributed by atoms with van der Waals surface area (Å²) in [5, 5.41) is 6.84. The summed E-state index contributed by atoms with van der Waals surface area (Å²) in [5.41, 5.74) is 1.17. The maximum Gasteiger partial charge on any atom is 0.282 e. The molecule has 7 nitrogen and oxygen atoms in total. The molecular formula is C11H15N5O2S. The van der Waals surface area contributed by atoms with Crippen LogP contribution in [-0.4, -0.2) is 30.2 Å². The third kappa shape index (κ3) is 2.68. The third-order valence-corrected chi connectivity index (χ3v) is 3.85. The van der Waals surface area contributed by atoms with Gasteiger partial charge in [0.1, 0.15) is 5.82 Å². The number of aromatic nitrogens is 3. The molecule has 0 saturated carbocycles. The first kappa shape index (κ1) is 13.3. The van der Waals surface area contributed by atoms with Crippen molar-refractivity contribution in [3.63, 3.8) is 0 Å². The zero-order chi connectivity index (χ0) is 14.0. The van der Waals surface area contributed by atoms with Gasteiger partial charge in [0.15, 0.2) is 5.03 Å². The van der Waals surface area contributed by atoms with Crippen LogP contribution in [0.4, 0.5) is 11.5 Å². The molecule has 2 heterocycles. The Morgan fingerprint density at radius 2 is 2.11 bits per heavy atom. The van der Waals surface area contributed by atoms with Crippen LogP contribution < -0.4 is 10.0 Å². The van der Waals surface area contributed by atoms with Gasteiger partial charge >= 0.3 is 0 Å². The van der Waals surface area contributed by atoms with Crippen LogP contribution in [0.15, 0.2) is 29.4 Å². The van der Waals surface area contributed by atoms with Crippen molar-refractivity contribution in [2.45, 2.75) is 11.9 Å². The predicted molar refractivity (Wildman–Crippen MR) is 72.5 cm³/mol. The first-order chi connectivity index (χ1) is 8.94. The highest BCUT2D eigenvalue weighted by Gasteiger charge is 2.21. The van der Waals surface area contributed by atoms with E-state index < -0.39 is 10.0 Å². The van der Waals surface area contributed by atoms with E-state index >= 15 is 0 Å². The lowest BCUT2D eigenvalue weighted by Gasteiger charge is -2.10. The topological polar surface area (TPSA) is 88.9 Å². The van der Waals surface area contributed by atoms with Gasteiger partial charge in [0.2, 0.25) is 0 Å². The van der Waals surface area contributed by atoms with Gasteiger partial charge in [-0.2, -0.15) is 13.5 Å². The fourth-order valence-electron chi connectivity index (χ4n) is 1.69. The molecule has 0 aromatic carbocycles. The number of hydrogen-bond donors (Lipinski definition) is 2. The average molecular weight is 281 g/mol. The Balaban J connectivity index is 2.40. The van der Waals surface area contributed by atoms with Crippen LogP contribution in [0.1, 0.15) is 5.69 Å². The Labute approximate surface area is 111 Å². The van der Waals surface area contributed by atoms with Gasteiger partial charge in [-0.25, -0.2) is 4.98 Å². The second-order valence-electron chi connectivity index (χ2n) is 4.01.